The minimum absolute atomic E-state index is 0.0278. The molecule has 0 radical (unpaired) electrons. The molecule has 6 heteroatoms. The average Bonchev–Trinajstić information content (AvgIpc) is 2.42. The maximum Gasteiger partial charge on any atom is 0.124 e. The molecule has 30 heavy (non-hydrogen) atoms. The molecule has 1 aromatic rings. The van der Waals surface area contributed by atoms with Gasteiger partial charge in [0.25, 0.3) is 0 Å². The molecule has 0 fully saturated rings. The van der Waals surface area contributed by atoms with Crippen molar-refractivity contribution in [1.29, 1.82) is 0 Å². The number of rotatable bonds is 7. The molecule has 0 spiro atoms. The molecule has 0 atom stereocenters. The summed E-state index contributed by atoms with van der Waals surface area (Å²) in [5, 5.41) is 0. The molecule has 0 amide bonds. The summed E-state index contributed by atoms with van der Waals surface area (Å²) in [5.74, 6) is 2.64. The molecule has 178 valence electrons. The van der Waals surface area contributed by atoms with Gasteiger partial charge in [0.1, 0.15) is 10.1 Å². The fraction of sp³-hybridized carbons (Fsp3) is 0.750. The van der Waals surface area contributed by atoms with Gasteiger partial charge in [-0.25, -0.2) is 8.42 Å². The molecule has 1 rings (SSSR count). The van der Waals surface area contributed by atoms with Gasteiger partial charge in [0.05, 0.1) is 23.4 Å². The summed E-state index contributed by atoms with van der Waals surface area (Å²) in [7, 11) is -4.91. The van der Waals surface area contributed by atoms with Crippen LogP contribution in [-0.4, -0.2) is 43.0 Å². The van der Waals surface area contributed by atoms with Crippen molar-refractivity contribution in [2.24, 2.45) is 17.8 Å². The van der Waals surface area contributed by atoms with Crippen molar-refractivity contribution in [3.63, 3.8) is 0 Å². The van der Waals surface area contributed by atoms with Crippen LogP contribution < -0.4 is 0 Å². The van der Waals surface area contributed by atoms with E-state index in [2.05, 4.69) is 48.2 Å². The minimum atomic E-state index is -4.27. The van der Waals surface area contributed by atoms with Crippen LogP contribution in [-0.2, 0) is 10.1 Å². The molecule has 0 N–H and O–H groups in total. The topological polar surface area (TPSA) is 57.2 Å². The molecule has 0 bridgehead atoms. The largest absolute Gasteiger partial charge is 0.744 e. The van der Waals surface area contributed by atoms with Gasteiger partial charge in [-0.2, -0.15) is 0 Å². The lowest BCUT2D eigenvalue weighted by atomic mass is 10.2. The Kier molecular flexibility index (Phi) is 15.0. The van der Waals surface area contributed by atoms with Gasteiger partial charge in [0.2, 0.25) is 0 Å². The Hall–Kier alpha value is -0.150. The van der Waals surface area contributed by atoms with Crippen LogP contribution in [0.3, 0.4) is 0 Å². The van der Waals surface area contributed by atoms with Crippen molar-refractivity contribution in [3.05, 3.63) is 29.8 Å². The third kappa shape index (κ3) is 21.1. The third-order valence-corrected chi connectivity index (χ3v) is 9.41. The number of halogens is 1. The van der Waals surface area contributed by atoms with Crippen LogP contribution >= 0.6 is 18.9 Å². The van der Waals surface area contributed by atoms with E-state index in [1.165, 1.54) is 30.6 Å². The van der Waals surface area contributed by atoms with Crippen LogP contribution in [0.15, 0.2) is 29.2 Å². The van der Waals surface area contributed by atoms with Gasteiger partial charge in [-0.1, -0.05) is 59.2 Å². The number of benzene rings is 1. The van der Waals surface area contributed by atoms with Crippen LogP contribution in [0.5, 0.6) is 0 Å². The zero-order valence-corrected chi connectivity index (χ0v) is 23.6. The van der Waals surface area contributed by atoms with Crippen molar-refractivity contribution in [1.82, 2.24) is 0 Å². The molecule has 0 aliphatic rings. The fourth-order valence-electron chi connectivity index (χ4n) is 3.57. The summed E-state index contributed by atoms with van der Waals surface area (Å²) in [4.78, 5) is -0.205. The predicted octanol–water partition coefficient (Wildman–Crippen LogP) is 7.52. The summed E-state index contributed by atoms with van der Waals surface area (Å²) in [6.07, 6.45) is 4.47. The van der Waals surface area contributed by atoms with Crippen LogP contribution in [0.1, 0.15) is 67.9 Å². The Morgan fingerprint density at radius 3 is 1.33 bits per heavy atom. The fourth-order valence-corrected chi connectivity index (χ4v) is 9.78. The monoisotopic (exact) mass is 480 g/mol. The lowest BCUT2D eigenvalue weighted by molar-refractivity contribution is 0.463. The smallest absolute Gasteiger partial charge is 0.124 e. The van der Waals surface area contributed by atoms with E-state index < -0.39 is 17.4 Å². The number of aryl methyl sites for hydroxylation is 1. The van der Waals surface area contributed by atoms with Crippen LogP contribution in [0.25, 0.3) is 0 Å². The second kappa shape index (κ2) is 14.1. The highest BCUT2D eigenvalue weighted by Gasteiger charge is 2.33. The van der Waals surface area contributed by atoms with Gasteiger partial charge in [-0.05, 0) is 57.6 Å². The van der Waals surface area contributed by atoms with E-state index in [0.717, 1.165) is 23.3 Å². The Balaban J connectivity index is 0. The Morgan fingerprint density at radius 1 is 0.867 bits per heavy atom. The highest BCUT2D eigenvalue weighted by atomic mass is 35.5. The summed E-state index contributed by atoms with van der Waals surface area (Å²) in [6.45, 7) is 24.5. The standard InChI is InChI=1S/C13H30P.C7H8O3S.C4H9Cl/c1-11(2)8-14(7,9-12(3)4)10-13(5)6;1-6-2-4-7(5-3-6)11(8,9)10;1-4(2,3)5/h11-13H,8-10H2,1-7H3;2-5H,1H3,(H,8,9,10);1-3H3/q+1;;/p-1. The molecule has 0 saturated heterocycles. The highest BCUT2D eigenvalue weighted by Crippen LogP contribution is 2.58. The lowest BCUT2D eigenvalue weighted by Gasteiger charge is -2.28. The van der Waals surface area contributed by atoms with Crippen molar-refractivity contribution in [2.75, 3.05) is 25.2 Å². The molecule has 0 aliphatic heterocycles. The van der Waals surface area contributed by atoms with Crippen molar-refractivity contribution in [2.45, 2.75) is 79.0 Å². The molecule has 1 aromatic carbocycles. The maximum atomic E-state index is 10.4. The first-order valence-electron chi connectivity index (χ1n) is 10.8. The number of alkyl halides is 1. The first kappa shape index (κ1) is 32.0. The van der Waals surface area contributed by atoms with E-state index in [4.69, 9.17) is 11.6 Å². The zero-order chi connectivity index (χ0) is 24.3. The normalized spacial score (nSPS) is 12.4. The molecule has 0 heterocycles. The second-order valence-corrected chi connectivity index (χ2v) is 17.5. The molecular formula is C24H46ClO3PS. The van der Waals surface area contributed by atoms with E-state index in [1.807, 2.05) is 27.7 Å². The molecule has 0 saturated carbocycles. The SMILES string of the molecule is CC(C)(C)Cl.CC(C)C[P+](C)(CC(C)C)CC(C)C.Cc1ccc(S(=O)(=O)[O-])cc1. The average molecular weight is 481 g/mol. The first-order chi connectivity index (χ1) is 13.2. The molecule has 0 aliphatic carbocycles. The van der Waals surface area contributed by atoms with E-state index in [0.29, 0.717) is 0 Å². The minimum Gasteiger partial charge on any atom is -0.744 e. The molecule has 3 nitrogen and oxygen atoms in total. The Labute approximate surface area is 193 Å². The predicted molar refractivity (Wildman–Crippen MR) is 137 cm³/mol. The lowest BCUT2D eigenvalue weighted by Crippen LogP contribution is -2.16. The van der Waals surface area contributed by atoms with Gasteiger partial charge < -0.3 is 4.55 Å². The van der Waals surface area contributed by atoms with Crippen LogP contribution in [0.2, 0.25) is 0 Å². The van der Waals surface area contributed by atoms with Gasteiger partial charge >= 0.3 is 0 Å². The quantitative estimate of drug-likeness (QED) is 0.230. The number of hydrogen-bond donors (Lipinski definition) is 0. The summed E-state index contributed by atoms with van der Waals surface area (Å²) >= 11 is 5.53. The molecule has 0 unspecified atom stereocenters. The third-order valence-electron chi connectivity index (χ3n) is 3.73. The number of hydrogen-bond acceptors (Lipinski definition) is 3. The van der Waals surface area contributed by atoms with Crippen molar-refractivity contribution < 1.29 is 13.0 Å². The van der Waals surface area contributed by atoms with Gasteiger partial charge in [0.15, 0.2) is 0 Å². The Morgan fingerprint density at radius 2 is 1.13 bits per heavy atom. The van der Waals surface area contributed by atoms with Crippen molar-refractivity contribution >= 4 is 29.0 Å². The van der Waals surface area contributed by atoms with Crippen molar-refractivity contribution in [3.8, 4) is 0 Å². The highest BCUT2D eigenvalue weighted by molar-refractivity contribution is 7.85. The molecular weight excluding hydrogens is 435 g/mol. The van der Waals surface area contributed by atoms with E-state index in [1.54, 1.807) is 12.1 Å². The van der Waals surface area contributed by atoms with E-state index >= 15 is 0 Å². The van der Waals surface area contributed by atoms with E-state index in [-0.39, 0.29) is 9.77 Å². The van der Waals surface area contributed by atoms with E-state index in [9.17, 15) is 13.0 Å². The maximum absolute atomic E-state index is 10.4. The first-order valence-corrected chi connectivity index (χ1v) is 15.4. The summed E-state index contributed by atoms with van der Waals surface area (Å²) in [5.41, 5.74) is 0.928. The molecule has 0 aromatic heterocycles. The second-order valence-electron chi connectivity index (χ2n) is 10.7. The van der Waals surface area contributed by atoms with Crippen LogP contribution in [0, 0.1) is 24.7 Å². The Bertz CT molecular complexity index is 643. The van der Waals surface area contributed by atoms with Gasteiger partial charge in [-0.15, -0.1) is 11.6 Å². The summed E-state index contributed by atoms with van der Waals surface area (Å²) < 4.78 is 31.2. The van der Waals surface area contributed by atoms with Crippen LogP contribution in [0.4, 0.5) is 0 Å². The summed E-state index contributed by atoms with van der Waals surface area (Å²) in [6, 6.07) is 5.78. The van der Waals surface area contributed by atoms with Gasteiger partial charge in [-0.3, -0.25) is 0 Å². The van der Waals surface area contributed by atoms with Gasteiger partial charge in [0, 0.05) is 18.8 Å². The zero-order valence-electron chi connectivity index (χ0n) is 21.1.